The smallest absolute Gasteiger partial charge is 0.178 e. The van der Waals surface area contributed by atoms with Gasteiger partial charge >= 0.3 is 0 Å². The molecule has 0 spiro atoms. The van der Waals surface area contributed by atoms with Crippen LogP contribution in [0.4, 0.5) is 10.1 Å². The topological polar surface area (TPSA) is 115 Å². The van der Waals surface area contributed by atoms with Crippen molar-refractivity contribution in [1.82, 2.24) is 30.1 Å². The van der Waals surface area contributed by atoms with E-state index in [-0.39, 0.29) is 5.75 Å². The van der Waals surface area contributed by atoms with Crippen LogP contribution in [0.5, 0.6) is 5.75 Å². The van der Waals surface area contributed by atoms with Crippen LogP contribution in [0.3, 0.4) is 0 Å². The number of nitrogens with one attached hydrogen (secondary N) is 3. The Morgan fingerprint density at radius 3 is 2.69 bits per heavy atom. The summed E-state index contributed by atoms with van der Waals surface area (Å²) in [7, 11) is 0. The molecule has 0 fully saturated rings. The lowest BCUT2D eigenvalue weighted by molar-refractivity contribution is 0.469. The average molecular weight is 480 g/mol. The number of anilines is 1. The van der Waals surface area contributed by atoms with E-state index >= 15 is 0 Å². The quantitative estimate of drug-likeness (QED) is 0.245. The van der Waals surface area contributed by atoms with E-state index in [4.69, 9.17) is 0 Å². The average Bonchev–Trinajstić information content (AvgIpc) is 3.46. The minimum atomic E-state index is -0.525. The zero-order valence-corrected chi connectivity index (χ0v) is 19.5. The summed E-state index contributed by atoms with van der Waals surface area (Å²) in [5.74, 6) is -0.146. The number of phenolic OH excluding ortho intramolecular Hbond substituents is 1. The van der Waals surface area contributed by atoms with E-state index in [1.807, 2.05) is 24.5 Å². The first-order valence-electron chi connectivity index (χ1n) is 11.5. The second kappa shape index (κ2) is 8.46. The Hall–Kier alpha value is -4.79. The molecule has 0 aliphatic heterocycles. The van der Waals surface area contributed by atoms with Crippen molar-refractivity contribution in [2.24, 2.45) is 0 Å². The van der Waals surface area contributed by atoms with Crippen LogP contribution < -0.4 is 5.32 Å². The van der Waals surface area contributed by atoms with Crippen molar-refractivity contribution in [2.45, 2.75) is 19.9 Å². The van der Waals surface area contributed by atoms with Crippen LogP contribution in [-0.2, 0) is 0 Å². The van der Waals surface area contributed by atoms with Gasteiger partial charge in [0.15, 0.2) is 11.5 Å². The van der Waals surface area contributed by atoms with E-state index in [2.05, 4.69) is 61.4 Å². The molecular weight excluding hydrogens is 457 g/mol. The monoisotopic (exact) mass is 479 g/mol. The third kappa shape index (κ3) is 3.90. The van der Waals surface area contributed by atoms with Crippen molar-refractivity contribution in [3.8, 4) is 39.5 Å². The lowest BCUT2D eigenvalue weighted by Crippen LogP contribution is -2.09. The number of imidazole rings is 1. The number of aromatic hydroxyl groups is 1. The SMILES string of the molecule is CC(C)Nc1cncc(-c2ccc3[nH]nc(-c4nc5nccc(-c6cc(O)cc(F)c6)c5[nH]4)c3c2)c1. The number of H-pyrrole nitrogens is 2. The van der Waals surface area contributed by atoms with Crippen LogP contribution in [0.1, 0.15) is 13.8 Å². The summed E-state index contributed by atoms with van der Waals surface area (Å²) >= 11 is 0. The van der Waals surface area contributed by atoms with Crippen molar-refractivity contribution >= 4 is 27.8 Å². The zero-order chi connectivity index (χ0) is 24.8. The molecule has 36 heavy (non-hydrogen) atoms. The molecule has 2 aromatic carbocycles. The number of phenols is 1. The lowest BCUT2D eigenvalue weighted by Gasteiger charge is -2.11. The fourth-order valence-corrected chi connectivity index (χ4v) is 4.38. The molecule has 8 nitrogen and oxygen atoms in total. The van der Waals surface area contributed by atoms with Gasteiger partial charge in [0.1, 0.15) is 17.3 Å². The molecule has 6 rings (SSSR count). The van der Waals surface area contributed by atoms with Crippen molar-refractivity contribution in [1.29, 1.82) is 0 Å². The number of benzene rings is 2. The van der Waals surface area contributed by atoms with Gasteiger partial charge < -0.3 is 15.4 Å². The summed E-state index contributed by atoms with van der Waals surface area (Å²) in [4.78, 5) is 16.7. The highest BCUT2D eigenvalue weighted by Gasteiger charge is 2.17. The Bertz CT molecular complexity index is 1720. The Balaban J connectivity index is 1.45. The maximum atomic E-state index is 14.0. The van der Waals surface area contributed by atoms with Crippen LogP contribution in [-0.4, -0.2) is 41.3 Å². The number of hydrogen-bond acceptors (Lipinski definition) is 6. The molecule has 0 amide bonds. The highest BCUT2D eigenvalue weighted by Crippen LogP contribution is 2.34. The third-order valence-electron chi connectivity index (χ3n) is 5.90. The van der Waals surface area contributed by atoms with Crippen molar-refractivity contribution in [2.75, 3.05) is 5.32 Å². The minimum Gasteiger partial charge on any atom is -0.508 e. The van der Waals surface area contributed by atoms with Gasteiger partial charge in [-0.2, -0.15) is 5.10 Å². The van der Waals surface area contributed by atoms with Crippen LogP contribution in [0.25, 0.3) is 55.8 Å². The number of nitrogens with zero attached hydrogens (tertiary/aromatic N) is 4. The molecule has 178 valence electrons. The van der Waals surface area contributed by atoms with Gasteiger partial charge in [0.2, 0.25) is 0 Å². The van der Waals surface area contributed by atoms with Crippen LogP contribution in [0.2, 0.25) is 0 Å². The molecular formula is C27H22FN7O. The summed E-state index contributed by atoms with van der Waals surface area (Å²) < 4.78 is 14.0. The molecule has 6 aromatic rings. The fraction of sp³-hybridized carbons (Fsp3) is 0.111. The molecule has 9 heteroatoms. The number of halogens is 1. The Morgan fingerprint density at radius 1 is 0.972 bits per heavy atom. The van der Waals surface area contributed by atoms with Gasteiger partial charge in [0.05, 0.1) is 16.7 Å². The summed E-state index contributed by atoms with van der Waals surface area (Å²) in [6.07, 6.45) is 5.25. The number of hydrogen-bond donors (Lipinski definition) is 4. The number of aromatic amines is 2. The first-order chi connectivity index (χ1) is 17.4. The highest BCUT2D eigenvalue weighted by molar-refractivity contribution is 5.97. The normalized spacial score (nSPS) is 11.6. The summed E-state index contributed by atoms with van der Waals surface area (Å²) in [6, 6.07) is 14.1. The maximum Gasteiger partial charge on any atom is 0.178 e. The van der Waals surface area contributed by atoms with Crippen LogP contribution in [0, 0.1) is 5.82 Å². The minimum absolute atomic E-state index is 0.150. The van der Waals surface area contributed by atoms with Gasteiger partial charge in [0, 0.05) is 47.2 Å². The van der Waals surface area contributed by atoms with Gasteiger partial charge in [-0.25, -0.2) is 14.4 Å². The van der Waals surface area contributed by atoms with Crippen molar-refractivity contribution in [3.63, 3.8) is 0 Å². The Labute approximate surface area is 205 Å². The number of pyridine rings is 2. The molecule has 0 unspecified atom stereocenters. The summed E-state index contributed by atoms with van der Waals surface area (Å²) in [6.45, 7) is 4.17. The zero-order valence-electron chi connectivity index (χ0n) is 19.5. The van der Waals surface area contributed by atoms with Gasteiger partial charge in [-0.05, 0) is 61.4 Å². The van der Waals surface area contributed by atoms with Crippen molar-refractivity contribution in [3.05, 3.63) is 72.9 Å². The van der Waals surface area contributed by atoms with E-state index < -0.39 is 5.82 Å². The van der Waals surface area contributed by atoms with E-state index in [9.17, 15) is 9.50 Å². The Morgan fingerprint density at radius 2 is 1.86 bits per heavy atom. The molecule has 4 heterocycles. The van der Waals surface area contributed by atoms with E-state index in [0.29, 0.717) is 39.9 Å². The molecule has 0 bridgehead atoms. The fourth-order valence-electron chi connectivity index (χ4n) is 4.38. The number of aromatic nitrogens is 6. The van der Waals surface area contributed by atoms with Crippen molar-refractivity contribution < 1.29 is 9.50 Å². The molecule has 4 N–H and O–H groups in total. The second-order valence-electron chi connectivity index (χ2n) is 8.93. The van der Waals surface area contributed by atoms with Crippen LogP contribution >= 0.6 is 0 Å². The second-order valence-corrected chi connectivity index (χ2v) is 8.93. The van der Waals surface area contributed by atoms with Gasteiger partial charge in [-0.3, -0.25) is 10.1 Å². The first kappa shape index (κ1) is 21.7. The molecule has 0 aliphatic carbocycles. The number of rotatable bonds is 5. The molecule has 0 atom stereocenters. The largest absolute Gasteiger partial charge is 0.508 e. The summed E-state index contributed by atoms with van der Waals surface area (Å²) in [5.41, 5.74) is 6.72. The standard InChI is InChI=1S/C27H22FN7O/c1-14(2)31-19-8-17(12-29-13-19)15-3-4-23-22(10-15)25(35-34-23)27-32-24-21(5-6-30-26(24)33-27)16-7-18(28)11-20(36)9-16/h3-14,31,36H,1-2H3,(H,34,35)(H,30,32,33). The molecule has 0 aliphatic rings. The van der Waals surface area contributed by atoms with E-state index in [1.54, 1.807) is 12.3 Å². The predicted octanol–water partition coefficient (Wildman–Crippen LogP) is 5.90. The lowest BCUT2D eigenvalue weighted by atomic mass is 10.0. The van der Waals surface area contributed by atoms with Gasteiger partial charge in [-0.1, -0.05) is 6.07 Å². The van der Waals surface area contributed by atoms with E-state index in [1.165, 1.54) is 12.1 Å². The van der Waals surface area contributed by atoms with E-state index in [0.717, 1.165) is 33.8 Å². The molecule has 0 saturated carbocycles. The van der Waals surface area contributed by atoms with Gasteiger partial charge in [0.25, 0.3) is 0 Å². The maximum absolute atomic E-state index is 14.0. The van der Waals surface area contributed by atoms with Gasteiger partial charge in [-0.15, -0.1) is 0 Å². The highest BCUT2D eigenvalue weighted by atomic mass is 19.1. The number of fused-ring (bicyclic) bond motifs is 2. The summed E-state index contributed by atoms with van der Waals surface area (Å²) in [5, 5.41) is 21.7. The first-order valence-corrected chi connectivity index (χ1v) is 11.5. The molecule has 4 aromatic heterocycles. The van der Waals surface area contributed by atoms with Crippen LogP contribution in [0.15, 0.2) is 67.1 Å². The predicted molar refractivity (Wildman–Crippen MR) is 138 cm³/mol. The molecule has 0 radical (unpaired) electrons. The molecule has 0 saturated heterocycles. The third-order valence-corrected chi connectivity index (χ3v) is 5.90. The Kier molecular flexibility index (Phi) is 5.10.